The van der Waals surface area contributed by atoms with Crippen LogP contribution < -0.4 is 0 Å². The number of nitrogens with zero attached hydrogens (tertiary/aromatic N) is 2. The van der Waals surface area contributed by atoms with E-state index in [2.05, 4.69) is 16.0 Å². The minimum Gasteiger partial charge on any atom is -0.481 e. The van der Waals surface area contributed by atoms with Gasteiger partial charge in [-0.1, -0.05) is 36.4 Å². The summed E-state index contributed by atoms with van der Waals surface area (Å²) < 4.78 is 27.1. The van der Waals surface area contributed by atoms with Gasteiger partial charge in [-0.3, -0.25) is 9.78 Å². The number of halogens is 2. The summed E-state index contributed by atoms with van der Waals surface area (Å²) in [7, 11) is 0. The third kappa shape index (κ3) is 5.00. The highest BCUT2D eigenvalue weighted by Crippen LogP contribution is 2.42. The summed E-state index contributed by atoms with van der Waals surface area (Å²) in [5, 5.41) is 9.59. The first-order valence-corrected chi connectivity index (χ1v) is 12.1. The highest BCUT2D eigenvalue weighted by atomic mass is 32.2. The summed E-state index contributed by atoms with van der Waals surface area (Å²) in [6.07, 6.45) is 9.61. The first-order chi connectivity index (χ1) is 17.0. The van der Waals surface area contributed by atoms with E-state index in [0.717, 1.165) is 40.1 Å². The van der Waals surface area contributed by atoms with Crippen molar-refractivity contribution >= 4 is 52.9 Å². The monoisotopic (exact) mass is 486 g/mol. The number of aromatic nitrogens is 2. The third-order valence-electron chi connectivity index (χ3n) is 5.77. The molecular formula is C28H20F2N2O2S. The Labute approximate surface area is 205 Å². The second kappa shape index (κ2) is 9.80. The Bertz CT molecular complexity index is 1500. The zero-order chi connectivity index (χ0) is 24.4. The number of hydrogen-bond acceptors (Lipinski definition) is 4. The van der Waals surface area contributed by atoms with E-state index in [1.807, 2.05) is 48.6 Å². The fourth-order valence-corrected chi connectivity index (χ4v) is 5.35. The Morgan fingerprint density at radius 1 is 1.00 bits per heavy atom. The second-order valence-corrected chi connectivity index (χ2v) is 9.34. The molecule has 2 heterocycles. The fraction of sp³-hybridized carbons (Fsp3) is 0.107. The van der Waals surface area contributed by atoms with Crippen LogP contribution in [0.1, 0.15) is 45.3 Å². The standard InChI is InChI=1S/C28H20F2N2O2S/c29-23-15-19-6-9-20(32-26(19)16-24(23)30)8-4-17-3-5-18-7-10-25-21(2-1-12-31-25)28(22(18)14-17)35-13-11-27(33)34/h1-10,12,14-16,28H,11,13H2,(H,33,34). The molecular weight excluding hydrogens is 466 g/mol. The number of hydrogen-bond donors (Lipinski definition) is 1. The number of carboxylic acids is 1. The molecule has 1 aliphatic rings. The molecule has 0 spiro atoms. The molecule has 0 saturated heterocycles. The minimum atomic E-state index is -0.925. The van der Waals surface area contributed by atoms with Crippen LogP contribution in [-0.4, -0.2) is 26.8 Å². The Morgan fingerprint density at radius 2 is 1.86 bits per heavy atom. The molecule has 0 saturated carbocycles. The van der Waals surface area contributed by atoms with Crippen LogP contribution in [0, 0.1) is 11.6 Å². The zero-order valence-electron chi connectivity index (χ0n) is 18.5. The molecule has 4 nitrogen and oxygen atoms in total. The van der Waals surface area contributed by atoms with Gasteiger partial charge in [-0.15, -0.1) is 11.8 Å². The van der Waals surface area contributed by atoms with Crippen molar-refractivity contribution in [3.8, 4) is 0 Å². The maximum atomic E-state index is 13.6. The molecule has 35 heavy (non-hydrogen) atoms. The molecule has 2 aromatic heterocycles. The molecule has 0 bridgehead atoms. The average molecular weight is 487 g/mol. The summed E-state index contributed by atoms with van der Waals surface area (Å²) in [5.74, 6) is -2.16. The van der Waals surface area contributed by atoms with E-state index in [9.17, 15) is 13.6 Å². The Kier molecular flexibility index (Phi) is 6.42. The lowest BCUT2D eigenvalue weighted by atomic mass is 9.98. The molecule has 5 rings (SSSR count). The van der Waals surface area contributed by atoms with Gasteiger partial charge in [-0.05, 0) is 58.7 Å². The smallest absolute Gasteiger partial charge is 0.304 e. The van der Waals surface area contributed by atoms with E-state index in [-0.39, 0.29) is 11.7 Å². The number of benzene rings is 2. The SMILES string of the molecule is O=C(O)CCSC1c2cc(C=Cc3ccc4cc(F)c(F)cc4n3)ccc2C=Cc2ncccc21. The van der Waals surface area contributed by atoms with E-state index >= 15 is 0 Å². The average Bonchev–Trinajstić information content (AvgIpc) is 3.00. The van der Waals surface area contributed by atoms with Gasteiger partial charge in [0.1, 0.15) is 0 Å². The lowest BCUT2D eigenvalue weighted by molar-refractivity contribution is -0.136. The van der Waals surface area contributed by atoms with Gasteiger partial charge in [0.05, 0.1) is 28.6 Å². The van der Waals surface area contributed by atoms with Crippen LogP contribution in [0.2, 0.25) is 0 Å². The fourth-order valence-electron chi connectivity index (χ4n) is 4.05. The van der Waals surface area contributed by atoms with Crippen LogP contribution in [0.15, 0.2) is 60.8 Å². The largest absolute Gasteiger partial charge is 0.481 e. The van der Waals surface area contributed by atoms with Crippen molar-refractivity contribution in [3.63, 3.8) is 0 Å². The molecule has 1 N–H and O–H groups in total. The summed E-state index contributed by atoms with van der Waals surface area (Å²) in [6.45, 7) is 0. The number of fused-ring (bicyclic) bond motifs is 3. The van der Waals surface area contributed by atoms with Crippen molar-refractivity contribution < 1.29 is 18.7 Å². The van der Waals surface area contributed by atoms with Gasteiger partial charge >= 0.3 is 5.97 Å². The Balaban J connectivity index is 1.48. The number of carboxylic acid groups (broad SMARTS) is 1. The molecule has 2 aromatic carbocycles. The summed E-state index contributed by atoms with van der Waals surface area (Å²) >= 11 is 1.59. The highest BCUT2D eigenvalue weighted by Gasteiger charge is 2.23. The molecule has 0 aliphatic heterocycles. The van der Waals surface area contributed by atoms with Gasteiger partial charge in [0.25, 0.3) is 0 Å². The molecule has 7 heteroatoms. The van der Waals surface area contributed by atoms with Gasteiger partial charge < -0.3 is 5.11 Å². The van der Waals surface area contributed by atoms with Crippen molar-refractivity contribution in [2.75, 3.05) is 5.75 Å². The maximum Gasteiger partial charge on any atom is 0.304 e. The van der Waals surface area contributed by atoms with Crippen molar-refractivity contribution in [1.82, 2.24) is 9.97 Å². The lowest BCUT2D eigenvalue weighted by Gasteiger charge is -2.20. The van der Waals surface area contributed by atoms with Crippen molar-refractivity contribution in [1.29, 1.82) is 0 Å². The van der Waals surface area contributed by atoms with E-state index in [4.69, 9.17) is 5.11 Å². The van der Waals surface area contributed by atoms with E-state index < -0.39 is 17.6 Å². The number of aliphatic carboxylic acids is 1. The van der Waals surface area contributed by atoms with Gasteiger partial charge in [-0.25, -0.2) is 13.8 Å². The van der Waals surface area contributed by atoms with E-state index in [1.54, 1.807) is 30.1 Å². The lowest BCUT2D eigenvalue weighted by Crippen LogP contribution is -2.04. The van der Waals surface area contributed by atoms with Gasteiger partial charge in [0.15, 0.2) is 11.6 Å². The van der Waals surface area contributed by atoms with Crippen LogP contribution in [-0.2, 0) is 4.79 Å². The van der Waals surface area contributed by atoms with Crippen LogP contribution in [0.5, 0.6) is 0 Å². The molecule has 0 fully saturated rings. The third-order valence-corrected chi connectivity index (χ3v) is 7.05. The van der Waals surface area contributed by atoms with Crippen LogP contribution in [0.25, 0.3) is 35.2 Å². The second-order valence-electron chi connectivity index (χ2n) is 8.12. The highest BCUT2D eigenvalue weighted by molar-refractivity contribution is 7.99. The molecule has 174 valence electrons. The molecule has 1 aliphatic carbocycles. The number of carbonyl (C=O) groups is 1. The maximum absolute atomic E-state index is 13.6. The van der Waals surface area contributed by atoms with Gasteiger partial charge in [-0.2, -0.15) is 0 Å². The first-order valence-electron chi connectivity index (χ1n) is 11.0. The van der Waals surface area contributed by atoms with Crippen molar-refractivity contribution in [2.45, 2.75) is 11.7 Å². The predicted molar refractivity (Wildman–Crippen MR) is 137 cm³/mol. The molecule has 1 unspecified atom stereocenters. The topological polar surface area (TPSA) is 63.1 Å². The molecule has 1 atom stereocenters. The summed E-state index contributed by atoms with van der Waals surface area (Å²) in [5.41, 5.74) is 6.00. The Morgan fingerprint density at radius 3 is 2.71 bits per heavy atom. The molecule has 0 radical (unpaired) electrons. The van der Waals surface area contributed by atoms with E-state index in [0.29, 0.717) is 22.3 Å². The zero-order valence-corrected chi connectivity index (χ0v) is 19.3. The van der Waals surface area contributed by atoms with Gasteiger partial charge in [0, 0.05) is 23.4 Å². The number of thioether (sulfide) groups is 1. The van der Waals surface area contributed by atoms with Crippen molar-refractivity contribution in [3.05, 3.63) is 106 Å². The van der Waals surface area contributed by atoms with Gasteiger partial charge in [0.2, 0.25) is 0 Å². The van der Waals surface area contributed by atoms with Crippen LogP contribution in [0.4, 0.5) is 8.78 Å². The predicted octanol–water partition coefficient (Wildman–Crippen LogP) is 6.86. The Hall–Kier alpha value is -3.84. The number of rotatable bonds is 6. The quantitative estimate of drug-likeness (QED) is 0.323. The summed E-state index contributed by atoms with van der Waals surface area (Å²) in [6, 6.07) is 15.8. The van der Waals surface area contributed by atoms with E-state index in [1.165, 1.54) is 0 Å². The number of pyridine rings is 2. The van der Waals surface area contributed by atoms with Crippen LogP contribution in [0.3, 0.4) is 0 Å². The molecule has 0 amide bonds. The molecule has 4 aromatic rings. The normalized spacial score (nSPS) is 14.6. The minimum absolute atomic E-state index is 0.0620. The van der Waals surface area contributed by atoms with Crippen LogP contribution >= 0.6 is 11.8 Å². The summed E-state index contributed by atoms with van der Waals surface area (Å²) in [4.78, 5) is 20.0. The van der Waals surface area contributed by atoms with Crippen molar-refractivity contribution in [2.24, 2.45) is 0 Å². The first kappa shape index (κ1) is 22.9.